The Hall–Kier alpha value is -2.75. The lowest BCUT2D eigenvalue weighted by Crippen LogP contribution is -2.00. The molecular formula is C22H24O4. The van der Waals surface area contributed by atoms with Crippen LogP contribution in [0.15, 0.2) is 40.8 Å². The van der Waals surface area contributed by atoms with Gasteiger partial charge in [-0.2, -0.15) is 0 Å². The molecule has 1 aromatic heterocycles. The average Bonchev–Trinajstić information content (AvgIpc) is 3.04. The molecule has 2 N–H and O–H groups in total. The lowest BCUT2D eigenvalue weighted by Gasteiger charge is -2.16. The number of carboxylic acids is 1. The number of phenols is 1. The molecule has 136 valence electrons. The van der Waals surface area contributed by atoms with Crippen LogP contribution in [0.3, 0.4) is 0 Å². The molecule has 2 aromatic carbocycles. The molecule has 0 aliphatic rings. The molecular weight excluding hydrogens is 328 g/mol. The number of aryl methyl sites for hydroxylation is 3. The van der Waals surface area contributed by atoms with Gasteiger partial charge in [0.25, 0.3) is 0 Å². The van der Waals surface area contributed by atoms with Crippen LogP contribution in [-0.2, 0) is 6.42 Å². The summed E-state index contributed by atoms with van der Waals surface area (Å²) in [5, 5.41) is 19.7. The monoisotopic (exact) mass is 352 g/mol. The fourth-order valence-electron chi connectivity index (χ4n) is 3.52. The van der Waals surface area contributed by atoms with Crippen molar-refractivity contribution in [3.05, 3.63) is 64.4 Å². The van der Waals surface area contributed by atoms with E-state index in [0.29, 0.717) is 17.3 Å². The van der Waals surface area contributed by atoms with Crippen molar-refractivity contribution in [3.63, 3.8) is 0 Å². The van der Waals surface area contributed by atoms with Gasteiger partial charge in [0.15, 0.2) is 0 Å². The molecule has 0 aliphatic carbocycles. The maximum absolute atomic E-state index is 11.2. The van der Waals surface area contributed by atoms with Crippen molar-refractivity contribution in [2.75, 3.05) is 0 Å². The molecule has 3 rings (SSSR count). The predicted octanol–water partition coefficient (Wildman–Crippen LogP) is 5.58. The van der Waals surface area contributed by atoms with E-state index in [4.69, 9.17) is 9.52 Å². The van der Waals surface area contributed by atoms with E-state index in [1.54, 1.807) is 12.1 Å². The molecule has 0 fully saturated rings. The van der Waals surface area contributed by atoms with Crippen LogP contribution in [0.4, 0.5) is 0 Å². The summed E-state index contributed by atoms with van der Waals surface area (Å²) in [5.74, 6) is -0.351. The van der Waals surface area contributed by atoms with Crippen LogP contribution in [0.25, 0.3) is 11.0 Å². The number of aromatic hydroxyl groups is 1. The number of rotatable bonds is 6. The summed E-state index contributed by atoms with van der Waals surface area (Å²) in [5.41, 5.74) is 4.94. The van der Waals surface area contributed by atoms with E-state index in [1.807, 2.05) is 26.0 Å². The van der Waals surface area contributed by atoms with Gasteiger partial charge in [0, 0.05) is 5.39 Å². The fraction of sp³-hybridized carbons (Fsp3) is 0.318. The molecule has 1 atom stereocenters. The Morgan fingerprint density at radius 1 is 1.12 bits per heavy atom. The molecule has 4 nitrogen and oxygen atoms in total. The summed E-state index contributed by atoms with van der Waals surface area (Å²) >= 11 is 0. The van der Waals surface area contributed by atoms with Gasteiger partial charge in [0.05, 0.1) is 0 Å². The number of fused-ring (bicyclic) bond motifs is 1. The van der Waals surface area contributed by atoms with Gasteiger partial charge in [-0.3, -0.25) is 0 Å². The second-order valence-electron chi connectivity index (χ2n) is 6.94. The van der Waals surface area contributed by atoms with Gasteiger partial charge < -0.3 is 14.6 Å². The lowest BCUT2D eigenvalue weighted by molar-refractivity contribution is 0.0665. The minimum Gasteiger partial charge on any atom is -0.508 e. The topological polar surface area (TPSA) is 70.7 Å². The zero-order valence-corrected chi connectivity index (χ0v) is 15.4. The van der Waals surface area contributed by atoms with Gasteiger partial charge in [-0.15, -0.1) is 0 Å². The Morgan fingerprint density at radius 3 is 2.54 bits per heavy atom. The Balaban J connectivity index is 1.84. The summed E-state index contributed by atoms with van der Waals surface area (Å²) in [4.78, 5) is 11.2. The zero-order chi connectivity index (χ0) is 18.8. The van der Waals surface area contributed by atoms with Crippen molar-refractivity contribution < 1.29 is 19.4 Å². The van der Waals surface area contributed by atoms with Gasteiger partial charge in [-0.05, 0) is 79.5 Å². The van der Waals surface area contributed by atoms with E-state index in [2.05, 4.69) is 19.1 Å². The maximum Gasteiger partial charge on any atom is 0.371 e. The number of hydrogen-bond acceptors (Lipinski definition) is 3. The van der Waals surface area contributed by atoms with Crippen LogP contribution in [0.5, 0.6) is 5.75 Å². The van der Waals surface area contributed by atoms with Gasteiger partial charge >= 0.3 is 5.97 Å². The molecule has 0 saturated carbocycles. The first-order valence-corrected chi connectivity index (χ1v) is 8.95. The largest absolute Gasteiger partial charge is 0.508 e. The highest BCUT2D eigenvalue weighted by Crippen LogP contribution is 2.32. The first-order chi connectivity index (χ1) is 12.4. The van der Waals surface area contributed by atoms with Crippen molar-refractivity contribution in [2.24, 2.45) is 0 Å². The summed E-state index contributed by atoms with van der Waals surface area (Å²) in [7, 11) is 0. The summed E-state index contributed by atoms with van der Waals surface area (Å²) in [6.45, 7) is 6.04. The fourth-order valence-corrected chi connectivity index (χ4v) is 3.52. The third-order valence-electron chi connectivity index (χ3n) is 5.04. The highest BCUT2D eigenvalue weighted by atomic mass is 16.4. The second kappa shape index (κ2) is 7.24. The molecule has 3 aromatic rings. The molecule has 26 heavy (non-hydrogen) atoms. The molecule has 0 radical (unpaired) electrons. The Morgan fingerprint density at radius 2 is 1.88 bits per heavy atom. The van der Waals surface area contributed by atoms with Crippen LogP contribution in [0, 0.1) is 13.8 Å². The predicted molar refractivity (Wildman–Crippen MR) is 102 cm³/mol. The maximum atomic E-state index is 11.2. The van der Waals surface area contributed by atoms with Crippen LogP contribution in [0.1, 0.15) is 58.5 Å². The summed E-state index contributed by atoms with van der Waals surface area (Å²) in [6, 6.07) is 11.5. The van der Waals surface area contributed by atoms with Crippen molar-refractivity contribution in [1.29, 1.82) is 0 Å². The van der Waals surface area contributed by atoms with E-state index in [9.17, 15) is 9.90 Å². The van der Waals surface area contributed by atoms with Crippen LogP contribution in [0.2, 0.25) is 0 Å². The van der Waals surface area contributed by atoms with E-state index in [1.165, 1.54) is 11.1 Å². The van der Waals surface area contributed by atoms with Gasteiger partial charge in [0.2, 0.25) is 5.76 Å². The molecule has 4 heteroatoms. The number of carbonyl (C=O) groups is 1. The number of hydrogen-bond donors (Lipinski definition) is 2. The summed E-state index contributed by atoms with van der Waals surface area (Å²) in [6.07, 6.45) is 2.93. The highest BCUT2D eigenvalue weighted by molar-refractivity contribution is 5.92. The third-order valence-corrected chi connectivity index (χ3v) is 5.04. The zero-order valence-electron chi connectivity index (χ0n) is 15.4. The van der Waals surface area contributed by atoms with Crippen molar-refractivity contribution in [3.8, 4) is 5.75 Å². The van der Waals surface area contributed by atoms with Gasteiger partial charge in [-0.25, -0.2) is 4.79 Å². The SMILES string of the molecule is CCC(CCc1ccc(O)c(C)c1)c1cc(C)c2oc(C(=O)O)cc2c1. The third kappa shape index (κ3) is 3.59. The Kier molecular flexibility index (Phi) is 5.03. The molecule has 0 bridgehead atoms. The van der Waals surface area contributed by atoms with Crippen LogP contribution >= 0.6 is 0 Å². The van der Waals surface area contributed by atoms with E-state index in [-0.39, 0.29) is 5.76 Å². The minimum absolute atomic E-state index is 0.0205. The number of benzene rings is 2. The van der Waals surface area contributed by atoms with E-state index in [0.717, 1.165) is 35.8 Å². The smallest absolute Gasteiger partial charge is 0.371 e. The van der Waals surface area contributed by atoms with Gasteiger partial charge in [-0.1, -0.05) is 25.1 Å². The molecule has 1 unspecified atom stereocenters. The van der Waals surface area contributed by atoms with Crippen LogP contribution in [-0.4, -0.2) is 16.2 Å². The van der Waals surface area contributed by atoms with E-state index < -0.39 is 5.97 Å². The van der Waals surface area contributed by atoms with Crippen molar-refractivity contribution in [2.45, 2.75) is 46.0 Å². The number of furan rings is 1. The minimum atomic E-state index is -1.04. The van der Waals surface area contributed by atoms with Crippen molar-refractivity contribution >= 4 is 16.9 Å². The molecule has 0 aliphatic heterocycles. The highest BCUT2D eigenvalue weighted by Gasteiger charge is 2.16. The molecule has 1 heterocycles. The first kappa shape index (κ1) is 18.1. The molecule has 0 amide bonds. The van der Waals surface area contributed by atoms with Crippen LogP contribution < -0.4 is 0 Å². The quantitative estimate of drug-likeness (QED) is 0.607. The summed E-state index contributed by atoms with van der Waals surface area (Å²) < 4.78 is 5.46. The Labute approximate surface area is 153 Å². The standard InChI is InChI=1S/C22H24O4/c1-4-16(7-5-15-6-8-19(23)13(2)9-15)17-10-14(3)21-18(11-17)12-20(26-21)22(24)25/h6,8-12,16,23H,4-5,7H2,1-3H3,(H,24,25). The number of phenolic OH excluding ortho intramolecular Hbond substituents is 1. The van der Waals surface area contributed by atoms with Crippen molar-refractivity contribution in [1.82, 2.24) is 0 Å². The average molecular weight is 352 g/mol. The van der Waals surface area contributed by atoms with E-state index >= 15 is 0 Å². The normalized spacial score (nSPS) is 12.4. The van der Waals surface area contributed by atoms with Gasteiger partial charge in [0.1, 0.15) is 11.3 Å². The number of aromatic carboxylic acids is 1. The molecule has 0 spiro atoms. The second-order valence-corrected chi connectivity index (χ2v) is 6.94. The number of carboxylic acid groups (broad SMARTS) is 1. The molecule has 0 saturated heterocycles. The first-order valence-electron chi connectivity index (χ1n) is 8.95. The Bertz CT molecular complexity index is 952. The lowest BCUT2D eigenvalue weighted by atomic mass is 9.88.